The zero-order chi connectivity index (χ0) is 12.3. The summed E-state index contributed by atoms with van der Waals surface area (Å²) in [6.45, 7) is 1.34. The molecule has 0 bridgehead atoms. The van der Waals surface area contributed by atoms with Crippen LogP contribution in [-0.4, -0.2) is 34.3 Å². The lowest BCUT2D eigenvalue weighted by molar-refractivity contribution is -0.136. The van der Waals surface area contributed by atoms with Crippen molar-refractivity contribution in [3.63, 3.8) is 0 Å². The highest BCUT2D eigenvalue weighted by Crippen LogP contribution is 2.22. The van der Waals surface area contributed by atoms with Crippen molar-refractivity contribution in [1.29, 1.82) is 0 Å². The number of carboxylic acids is 1. The molecule has 1 aromatic rings. The standard InChI is InChI=1S/C11H14N2O4/c14-9(15)5-8-6-12-10(13-11(8)16)7-1-3-17-4-2-7/h6-7H,1-5H2,(H,14,15)(H,12,13,16). The first-order chi connectivity index (χ1) is 8.16. The minimum absolute atomic E-state index is 0.188. The van der Waals surface area contributed by atoms with Crippen molar-refractivity contribution in [3.8, 4) is 0 Å². The van der Waals surface area contributed by atoms with Crippen LogP contribution in [0.2, 0.25) is 0 Å². The van der Waals surface area contributed by atoms with Crippen molar-refractivity contribution in [3.05, 3.63) is 27.9 Å². The molecule has 1 aliphatic rings. The fraction of sp³-hybridized carbons (Fsp3) is 0.545. The van der Waals surface area contributed by atoms with Crippen molar-refractivity contribution in [2.75, 3.05) is 13.2 Å². The van der Waals surface area contributed by atoms with Gasteiger partial charge in [-0.25, -0.2) is 4.98 Å². The van der Waals surface area contributed by atoms with E-state index in [1.807, 2.05) is 0 Å². The molecule has 6 heteroatoms. The molecule has 0 radical (unpaired) electrons. The highest BCUT2D eigenvalue weighted by atomic mass is 16.5. The molecule has 1 aliphatic heterocycles. The number of nitrogens with one attached hydrogen (secondary N) is 1. The molecule has 1 saturated heterocycles. The third kappa shape index (κ3) is 2.91. The SMILES string of the molecule is O=C(O)Cc1cnc(C2CCOCC2)[nH]c1=O. The van der Waals surface area contributed by atoms with Gasteiger partial charge in [-0.2, -0.15) is 0 Å². The van der Waals surface area contributed by atoms with Crippen LogP contribution in [0.1, 0.15) is 30.1 Å². The van der Waals surface area contributed by atoms with Crippen molar-refractivity contribution in [1.82, 2.24) is 9.97 Å². The Morgan fingerprint density at radius 3 is 2.82 bits per heavy atom. The number of aromatic nitrogens is 2. The lowest BCUT2D eigenvalue weighted by Gasteiger charge is -2.20. The summed E-state index contributed by atoms with van der Waals surface area (Å²) < 4.78 is 5.23. The topological polar surface area (TPSA) is 92.3 Å². The van der Waals surface area contributed by atoms with Gasteiger partial charge < -0.3 is 14.8 Å². The van der Waals surface area contributed by atoms with Crippen LogP contribution in [-0.2, 0) is 16.0 Å². The van der Waals surface area contributed by atoms with Crippen LogP contribution in [0, 0.1) is 0 Å². The molecule has 0 unspecified atom stereocenters. The first-order valence-electron chi connectivity index (χ1n) is 5.54. The Balaban J connectivity index is 2.18. The molecule has 0 spiro atoms. The molecular weight excluding hydrogens is 224 g/mol. The molecule has 1 fully saturated rings. The summed E-state index contributed by atoms with van der Waals surface area (Å²) in [7, 11) is 0. The van der Waals surface area contributed by atoms with Gasteiger partial charge in [-0.05, 0) is 12.8 Å². The van der Waals surface area contributed by atoms with Gasteiger partial charge in [0.1, 0.15) is 5.82 Å². The van der Waals surface area contributed by atoms with Crippen LogP contribution in [0.4, 0.5) is 0 Å². The third-order valence-electron chi connectivity index (χ3n) is 2.84. The van der Waals surface area contributed by atoms with Gasteiger partial charge in [-0.3, -0.25) is 9.59 Å². The van der Waals surface area contributed by atoms with Crippen molar-refractivity contribution in [2.45, 2.75) is 25.2 Å². The molecule has 6 nitrogen and oxygen atoms in total. The number of hydrogen-bond donors (Lipinski definition) is 2. The van der Waals surface area contributed by atoms with Crippen LogP contribution < -0.4 is 5.56 Å². The van der Waals surface area contributed by atoms with Gasteiger partial charge in [0.25, 0.3) is 5.56 Å². The average molecular weight is 238 g/mol. The van der Waals surface area contributed by atoms with Gasteiger partial charge in [0.05, 0.1) is 6.42 Å². The Kier molecular flexibility index (Phi) is 3.53. The van der Waals surface area contributed by atoms with E-state index in [1.54, 1.807) is 0 Å². The van der Waals surface area contributed by atoms with Gasteiger partial charge in [0.2, 0.25) is 0 Å². The summed E-state index contributed by atoms with van der Waals surface area (Å²) in [6, 6.07) is 0. The molecule has 2 N–H and O–H groups in total. The number of rotatable bonds is 3. The highest BCUT2D eigenvalue weighted by Gasteiger charge is 2.18. The van der Waals surface area contributed by atoms with Crippen LogP contribution in [0.3, 0.4) is 0 Å². The Hall–Kier alpha value is -1.69. The Bertz CT molecular complexity index is 463. The van der Waals surface area contributed by atoms with Crippen molar-refractivity contribution >= 4 is 5.97 Å². The molecule has 0 atom stereocenters. The van der Waals surface area contributed by atoms with Gasteiger partial charge in [0.15, 0.2) is 0 Å². The Morgan fingerprint density at radius 2 is 2.24 bits per heavy atom. The maximum atomic E-state index is 11.6. The monoisotopic (exact) mass is 238 g/mol. The van der Waals surface area contributed by atoms with E-state index in [4.69, 9.17) is 9.84 Å². The number of hydrogen-bond acceptors (Lipinski definition) is 4. The molecule has 0 aliphatic carbocycles. The zero-order valence-electron chi connectivity index (χ0n) is 9.31. The molecule has 2 heterocycles. The van der Waals surface area contributed by atoms with Gasteiger partial charge in [-0.1, -0.05) is 0 Å². The first-order valence-corrected chi connectivity index (χ1v) is 5.54. The maximum Gasteiger partial charge on any atom is 0.308 e. The summed E-state index contributed by atoms with van der Waals surface area (Å²) in [6.07, 6.45) is 2.73. The van der Waals surface area contributed by atoms with E-state index in [1.165, 1.54) is 6.20 Å². The highest BCUT2D eigenvalue weighted by molar-refractivity contribution is 5.69. The first kappa shape index (κ1) is 11.8. The van der Waals surface area contributed by atoms with E-state index in [0.717, 1.165) is 12.8 Å². The summed E-state index contributed by atoms with van der Waals surface area (Å²) in [5.74, 6) is -0.195. The predicted octanol–water partition coefficient (Wildman–Crippen LogP) is 0.291. The fourth-order valence-electron chi connectivity index (χ4n) is 1.90. The van der Waals surface area contributed by atoms with E-state index in [0.29, 0.717) is 19.0 Å². The summed E-state index contributed by atoms with van der Waals surface area (Å²) >= 11 is 0. The number of carboxylic acid groups (broad SMARTS) is 1. The minimum atomic E-state index is -1.03. The lowest BCUT2D eigenvalue weighted by Crippen LogP contribution is -2.23. The van der Waals surface area contributed by atoms with Gasteiger partial charge >= 0.3 is 5.97 Å². The second kappa shape index (κ2) is 5.09. The number of carbonyl (C=O) groups is 1. The molecular formula is C11H14N2O4. The third-order valence-corrected chi connectivity index (χ3v) is 2.84. The second-order valence-electron chi connectivity index (χ2n) is 4.08. The Morgan fingerprint density at radius 1 is 1.53 bits per heavy atom. The number of aromatic amines is 1. The van der Waals surface area contributed by atoms with Crippen LogP contribution >= 0.6 is 0 Å². The fourth-order valence-corrected chi connectivity index (χ4v) is 1.90. The Labute approximate surface area is 97.7 Å². The van der Waals surface area contributed by atoms with Crippen LogP contribution in [0.5, 0.6) is 0 Å². The summed E-state index contributed by atoms with van der Waals surface area (Å²) in [4.78, 5) is 28.9. The van der Waals surface area contributed by atoms with Gasteiger partial charge in [0, 0.05) is 30.9 Å². The number of ether oxygens (including phenoxy) is 1. The summed E-state index contributed by atoms with van der Waals surface area (Å²) in [5.41, 5.74) is -0.169. The maximum absolute atomic E-state index is 11.6. The van der Waals surface area contributed by atoms with E-state index >= 15 is 0 Å². The number of aliphatic carboxylic acids is 1. The smallest absolute Gasteiger partial charge is 0.308 e. The van der Waals surface area contributed by atoms with Crippen molar-refractivity contribution in [2.24, 2.45) is 0 Å². The van der Waals surface area contributed by atoms with E-state index in [9.17, 15) is 9.59 Å². The second-order valence-corrected chi connectivity index (χ2v) is 4.08. The quantitative estimate of drug-likeness (QED) is 0.789. The lowest BCUT2D eigenvalue weighted by atomic mass is 9.99. The van der Waals surface area contributed by atoms with E-state index < -0.39 is 5.97 Å². The molecule has 17 heavy (non-hydrogen) atoms. The minimum Gasteiger partial charge on any atom is -0.481 e. The molecule has 2 rings (SSSR count). The van der Waals surface area contributed by atoms with Crippen LogP contribution in [0.25, 0.3) is 0 Å². The van der Waals surface area contributed by atoms with Crippen LogP contribution in [0.15, 0.2) is 11.0 Å². The molecule has 92 valence electrons. The number of nitrogens with zero attached hydrogens (tertiary/aromatic N) is 1. The van der Waals surface area contributed by atoms with E-state index in [2.05, 4.69) is 9.97 Å². The molecule has 0 saturated carbocycles. The molecule has 0 aromatic carbocycles. The van der Waals surface area contributed by atoms with Gasteiger partial charge in [-0.15, -0.1) is 0 Å². The number of H-pyrrole nitrogens is 1. The molecule has 0 amide bonds. The van der Waals surface area contributed by atoms with Crippen molar-refractivity contribution < 1.29 is 14.6 Å². The molecule has 1 aromatic heterocycles. The van der Waals surface area contributed by atoms with E-state index in [-0.39, 0.29) is 23.5 Å². The largest absolute Gasteiger partial charge is 0.481 e. The summed E-state index contributed by atoms with van der Waals surface area (Å²) in [5, 5.41) is 8.61. The zero-order valence-corrected chi connectivity index (χ0v) is 9.31. The predicted molar refractivity (Wildman–Crippen MR) is 59.0 cm³/mol. The average Bonchev–Trinajstić information content (AvgIpc) is 2.32. The normalized spacial score (nSPS) is 16.9.